The van der Waals surface area contributed by atoms with Crippen molar-refractivity contribution >= 4 is 39.4 Å². The van der Waals surface area contributed by atoms with E-state index in [1.54, 1.807) is 6.07 Å². The second-order valence-corrected chi connectivity index (χ2v) is 7.74. The fourth-order valence-electron chi connectivity index (χ4n) is 2.16. The summed E-state index contributed by atoms with van der Waals surface area (Å²) >= 11 is 5.93. The van der Waals surface area contributed by atoms with E-state index in [-0.39, 0.29) is 22.0 Å². The number of ether oxygens (including phenoxy) is 1. The molecule has 0 aliphatic heterocycles. The molecule has 0 unspecified atom stereocenters. The summed E-state index contributed by atoms with van der Waals surface area (Å²) in [4.78, 5) is 12.1. The number of sulfonamides is 1. The number of hydrazone groups is 1. The number of carbonyl (C=O) groups is 1. The molecule has 0 saturated carbocycles. The van der Waals surface area contributed by atoms with Gasteiger partial charge < -0.3 is 4.74 Å². The SMILES string of the molecule is COc1ccc(Cl)cc1N(CC(=O)N/N=C\c1ccccc1F)S(C)(=O)=O. The van der Waals surface area contributed by atoms with Crippen LogP contribution >= 0.6 is 11.6 Å². The molecule has 7 nitrogen and oxygen atoms in total. The van der Waals surface area contributed by atoms with Gasteiger partial charge in [0.05, 0.1) is 25.3 Å². The van der Waals surface area contributed by atoms with Crippen LogP contribution in [0.25, 0.3) is 0 Å². The predicted octanol–water partition coefficient (Wildman–Crippen LogP) is 2.40. The first-order valence-electron chi connectivity index (χ1n) is 7.60. The van der Waals surface area contributed by atoms with Crippen LogP contribution in [0, 0.1) is 5.82 Å². The van der Waals surface area contributed by atoms with Gasteiger partial charge in [-0.05, 0) is 24.3 Å². The molecule has 0 aromatic heterocycles. The van der Waals surface area contributed by atoms with Gasteiger partial charge in [0.15, 0.2) is 0 Å². The van der Waals surface area contributed by atoms with Gasteiger partial charge in [-0.15, -0.1) is 0 Å². The zero-order chi connectivity index (χ0) is 20.0. The molecular weight excluding hydrogens is 397 g/mol. The third-order valence-electron chi connectivity index (χ3n) is 3.40. The third kappa shape index (κ3) is 5.66. The summed E-state index contributed by atoms with van der Waals surface area (Å²) in [5.41, 5.74) is 2.45. The van der Waals surface area contributed by atoms with E-state index >= 15 is 0 Å². The molecule has 144 valence electrons. The molecule has 0 spiro atoms. The van der Waals surface area contributed by atoms with E-state index in [9.17, 15) is 17.6 Å². The molecule has 1 amide bonds. The molecule has 0 heterocycles. The molecular formula is C17H17ClFN3O4S. The number of methoxy groups -OCH3 is 1. The van der Waals surface area contributed by atoms with Crippen molar-refractivity contribution in [1.29, 1.82) is 0 Å². The minimum atomic E-state index is -3.82. The summed E-state index contributed by atoms with van der Waals surface area (Å²) in [5.74, 6) is -1.00. The summed E-state index contributed by atoms with van der Waals surface area (Å²) in [5, 5.41) is 3.92. The standard InChI is InChI=1S/C17H17ClFN3O4S/c1-26-16-8-7-13(18)9-15(16)22(27(2,24)25)11-17(23)21-20-10-12-5-3-4-6-14(12)19/h3-10H,11H2,1-2H3,(H,21,23)/b20-10-. The van der Waals surface area contributed by atoms with E-state index in [1.807, 2.05) is 0 Å². The maximum Gasteiger partial charge on any atom is 0.260 e. The molecule has 0 aliphatic carbocycles. The smallest absolute Gasteiger partial charge is 0.260 e. The fourth-order valence-corrected chi connectivity index (χ4v) is 3.18. The lowest BCUT2D eigenvalue weighted by atomic mass is 10.2. The quantitative estimate of drug-likeness (QED) is 0.557. The summed E-state index contributed by atoms with van der Waals surface area (Å²) in [6, 6.07) is 10.3. The predicted molar refractivity (Wildman–Crippen MR) is 102 cm³/mol. The normalized spacial score (nSPS) is 11.4. The number of nitrogens with one attached hydrogen (secondary N) is 1. The van der Waals surface area contributed by atoms with Gasteiger partial charge in [-0.3, -0.25) is 9.10 Å². The summed E-state index contributed by atoms with van der Waals surface area (Å²) in [6.45, 7) is -0.565. The van der Waals surface area contributed by atoms with Crippen molar-refractivity contribution in [2.24, 2.45) is 5.10 Å². The van der Waals surface area contributed by atoms with Gasteiger partial charge in [-0.2, -0.15) is 5.10 Å². The van der Waals surface area contributed by atoms with Crippen LogP contribution in [0.1, 0.15) is 5.56 Å². The molecule has 27 heavy (non-hydrogen) atoms. The van der Waals surface area contributed by atoms with Gasteiger partial charge >= 0.3 is 0 Å². The second kappa shape index (κ2) is 8.83. The van der Waals surface area contributed by atoms with Crippen LogP contribution in [-0.4, -0.2) is 40.4 Å². The maximum atomic E-state index is 13.5. The summed E-state index contributed by atoms with van der Waals surface area (Å²) in [6.07, 6.45) is 2.07. The van der Waals surface area contributed by atoms with Crippen LogP contribution in [0.15, 0.2) is 47.6 Å². The highest BCUT2D eigenvalue weighted by Gasteiger charge is 2.24. The minimum Gasteiger partial charge on any atom is -0.495 e. The van der Waals surface area contributed by atoms with Gasteiger partial charge in [0.2, 0.25) is 10.0 Å². The first kappa shape index (κ1) is 20.7. The van der Waals surface area contributed by atoms with E-state index in [1.165, 1.54) is 43.5 Å². The zero-order valence-corrected chi connectivity index (χ0v) is 16.1. The van der Waals surface area contributed by atoms with Crippen molar-refractivity contribution in [2.75, 3.05) is 24.2 Å². The van der Waals surface area contributed by atoms with Gasteiger partial charge in [0.1, 0.15) is 18.1 Å². The number of amides is 1. The first-order valence-corrected chi connectivity index (χ1v) is 9.82. The van der Waals surface area contributed by atoms with Crippen molar-refractivity contribution in [3.63, 3.8) is 0 Å². The lowest BCUT2D eigenvalue weighted by Gasteiger charge is -2.23. The van der Waals surface area contributed by atoms with Crippen LogP contribution in [0.2, 0.25) is 5.02 Å². The number of rotatable bonds is 7. The highest BCUT2D eigenvalue weighted by molar-refractivity contribution is 7.92. The Labute approximate surface area is 161 Å². The Balaban J connectivity index is 2.19. The molecule has 0 saturated heterocycles. The zero-order valence-electron chi connectivity index (χ0n) is 14.5. The molecule has 2 aromatic carbocycles. The van der Waals surface area contributed by atoms with Crippen LogP contribution in [-0.2, 0) is 14.8 Å². The molecule has 0 radical (unpaired) electrons. The third-order valence-corrected chi connectivity index (χ3v) is 4.76. The Bertz CT molecular complexity index is 966. The number of hydrogen-bond donors (Lipinski definition) is 1. The molecule has 1 N–H and O–H groups in total. The van der Waals surface area contributed by atoms with E-state index < -0.39 is 28.3 Å². The molecule has 2 rings (SSSR count). The van der Waals surface area contributed by atoms with Crippen LogP contribution in [0.5, 0.6) is 5.75 Å². The Kier molecular flexibility index (Phi) is 6.75. The lowest BCUT2D eigenvalue weighted by Crippen LogP contribution is -2.39. The van der Waals surface area contributed by atoms with Crippen molar-refractivity contribution in [3.8, 4) is 5.75 Å². The van der Waals surface area contributed by atoms with Gasteiger partial charge in [-0.1, -0.05) is 29.8 Å². The summed E-state index contributed by atoms with van der Waals surface area (Å²) in [7, 11) is -2.46. The highest BCUT2D eigenvalue weighted by Crippen LogP contribution is 2.32. The average Bonchev–Trinajstić information content (AvgIpc) is 2.60. The molecule has 10 heteroatoms. The van der Waals surface area contributed by atoms with Crippen molar-refractivity contribution in [2.45, 2.75) is 0 Å². The fraction of sp³-hybridized carbons (Fsp3) is 0.176. The first-order chi connectivity index (χ1) is 12.7. The second-order valence-electron chi connectivity index (χ2n) is 5.40. The maximum absolute atomic E-state index is 13.5. The Morgan fingerprint density at radius 1 is 1.33 bits per heavy atom. The van der Waals surface area contributed by atoms with Crippen molar-refractivity contribution in [3.05, 3.63) is 58.9 Å². The van der Waals surface area contributed by atoms with Gasteiger partial charge in [-0.25, -0.2) is 18.2 Å². The van der Waals surface area contributed by atoms with E-state index in [4.69, 9.17) is 16.3 Å². The highest BCUT2D eigenvalue weighted by atomic mass is 35.5. The Morgan fingerprint density at radius 3 is 2.67 bits per heavy atom. The number of hydrogen-bond acceptors (Lipinski definition) is 5. The van der Waals surface area contributed by atoms with Crippen LogP contribution in [0.3, 0.4) is 0 Å². The van der Waals surface area contributed by atoms with Crippen LogP contribution < -0.4 is 14.5 Å². The minimum absolute atomic E-state index is 0.112. The number of nitrogens with zero attached hydrogens (tertiary/aromatic N) is 2. The van der Waals surface area contributed by atoms with Crippen LogP contribution in [0.4, 0.5) is 10.1 Å². The molecule has 0 fully saturated rings. The topological polar surface area (TPSA) is 88.1 Å². The molecule has 0 atom stereocenters. The molecule has 0 bridgehead atoms. The number of anilines is 1. The van der Waals surface area contributed by atoms with Gasteiger partial charge in [0.25, 0.3) is 5.91 Å². The average molecular weight is 414 g/mol. The Morgan fingerprint density at radius 2 is 2.04 bits per heavy atom. The monoisotopic (exact) mass is 413 g/mol. The molecule has 0 aliphatic rings. The van der Waals surface area contributed by atoms with Crippen molar-refractivity contribution in [1.82, 2.24) is 5.43 Å². The lowest BCUT2D eigenvalue weighted by molar-refractivity contribution is -0.119. The van der Waals surface area contributed by atoms with Crippen molar-refractivity contribution < 1.29 is 22.3 Å². The summed E-state index contributed by atoms with van der Waals surface area (Å²) < 4.78 is 43.8. The van der Waals surface area contributed by atoms with E-state index in [0.717, 1.165) is 16.8 Å². The number of carbonyl (C=O) groups excluding carboxylic acids is 1. The number of benzene rings is 2. The van der Waals surface area contributed by atoms with E-state index in [2.05, 4.69) is 10.5 Å². The van der Waals surface area contributed by atoms with Gasteiger partial charge in [0, 0.05) is 10.6 Å². The van der Waals surface area contributed by atoms with E-state index in [0.29, 0.717) is 0 Å². The number of halogens is 2. The molecule has 2 aromatic rings. The largest absolute Gasteiger partial charge is 0.495 e. The Hall–Kier alpha value is -2.65.